The van der Waals surface area contributed by atoms with Crippen LogP contribution in [0.1, 0.15) is 5.56 Å². The molecule has 0 radical (unpaired) electrons. The lowest BCUT2D eigenvalue weighted by Gasteiger charge is -2.39. The zero-order valence-corrected chi connectivity index (χ0v) is 12.1. The molecule has 1 atom stereocenters. The van der Waals surface area contributed by atoms with Gasteiger partial charge in [-0.05, 0) is 31.0 Å². The SMILES string of the molecule is CSc1ccc(CN2CCN(C)CC2CN)cc1. The van der Waals surface area contributed by atoms with Crippen molar-refractivity contribution in [3.05, 3.63) is 29.8 Å². The monoisotopic (exact) mass is 265 g/mol. The molecule has 1 aromatic carbocycles. The summed E-state index contributed by atoms with van der Waals surface area (Å²) in [6.45, 7) is 5.10. The zero-order chi connectivity index (χ0) is 13.0. The van der Waals surface area contributed by atoms with Gasteiger partial charge < -0.3 is 10.6 Å². The normalized spacial score (nSPS) is 22.3. The molecule has 2 N–H and O–H groups in total. The lowest BCUT2D eigenvalue weighted by Crippen LogP contribution is -2.54. The fourth-order valence-electron chi connectivity index (χ4n) is 2.45. The molecular weight excluding hydrogens is 242 g/mol. The third-order valence-corrected chi connectivity index (χ3v) is 4.37. The molecule has 100 valence electrons. The number of nitrogens with zero attached hydrogens (tertiary/aromatic N) is 2. The maximum absolute atomic E-state index is 5.88. The fraction of sp³-hybridized carbons (Fsp3) is 0.571. The Kier molecular flexibility index (Phi) is 5.06. The Morgan fingerprint density at radius 1 is 1.28 bits per heavy atom. The molecule has 2 rings (SSSR count). The van der Waals surface area contributed by atoms with Crippen molar-refractivity contribution in [2.75, 3.05) is 39.5 Å². The van der Waals surface area contributed by atoms with E-state index in [9.17, 15) is 0 Å². The van der Waals surface area contributed by atoms with E-state index < -0.39 is 0 Å². The standard InChI is InChI=1S/C14H23N3S/c1-16-7-8-17(13(9-15)11-16)10-12-3-5-14(18-2)6-4-12/h3-6,13H,7-11,15H2,1-2H3. The molecular formula is C14H23N3S. The number of nitrogens with two attached hydrogens (primary N) is 1. The summed E-state index contributed by atoms with van der Waals surface area (Å²) in [5.41, 5.74) is 7.27. The van der Waals surface area contributed by atoms with E-state index >= 15 is 0 Å². The summed E-state index contributed by atoms with van der Waals surface area (Å²) in [5.74, 6) is 0. The maximum Gasteiger partial charge on any atom is 0.0349 e. The van der Waals surface area contributed by atoms with E-state index in [1.807, 2.05) is 0 Å². The van der Waals surface area contributed by atoms with Gasteiger partial charge in [-0.1, -0.05) is 12.1 Å². The molecule has 1 fully saturated rings. The fourth-order valence-corrected chi connectivity index (χ4v) is 2.85. The molecule has 18 heavy (non-hydrogen) atoms. The first-order valence-corrected chi connectivity index (χ1v) is 7.71. The van der Waals surface area contributed by atoms with E-state index in [2.05, 4.69) is 47.4 Å². The van der Waals surface area contributed by atoms with Gasteiger partial charge in [-0.2, -0.15) is 0 Å². The van der Waals surface area contributed by atoms with Crippen LogP contribution in [-0.2, 0) is 6.54 Å². The Balaban J connectivity index is 1.98. The highest BCUT2D eigenvalue weighted by Crippen LogP contribution is 2.17. The van der Waals surface area contributed by atoms with Crippen LogP contribution in [0.4, 0.5) is 0 Å². The number of hydrogen-bond acceptors (Lipinski definition) is 4. The van der Waals surface area contributed by atoms with Crippen LogP contribution in [-0.4, -0.2) is 55.3 Å². The van der Waals surface area contributed by atoms with E-state index in [1.54, 1.807) is 11.8 Å². The first-order valence-electron chi connectivity index (χ1n) is 6.48. The highest BCUT2D eigenvalue weighted by Gasteiger charge is 2.23. The Morgan fingerprint density at radius 2 is 2.00 bits per heavy atom. The minimum Gasteiger partial charge on any atom is -0.329 e. The number of likely N-dealkylation sites (N-methyl/N-ethyl adjacent to an activating group) is 1. The van der Waals surface area contributed by atoms with Gasteiger partial charge in [0.15, 0.2) is 0 Å². The highest BCUT2D eigenvalue weighted by atomic mass is 32.2. The van der Waals surface area contributed by atoms with Crippen molar-refractivity contribution in [1.29, 1.82) is 0 Å². The van der Waals surface area contributed by atoms with Crippen LogP contribution in [0.5, 0.6) is 0 Å². The third-order valence-electron chi connectivity index (χ3n) is 3.62. The van der Waals surface area contributed by atoms with Gasteiger partial charge in [0.25, 0.3) is 0 Å². The quantitative estimate of drug-likeness (QED) is 0.836. The lowest BCUT2D eigenvalue weighted by atomic mass is 10.1. The molecule has 0 aliphatic carbocycles. The van der Waals surface area contributed by atoms with Crippen molar-refractivity contribution in [2.24, 2.45) is 5.73 Å². The molecule has 0 saturated carbocycles. The first kappa shape index (κ1) is 13.9. The summed E-state index contributed by atoms with van der Waals surface area (Å²) in [5, 5.41) is 0. The van der Waals surface area contributed by atoms with Gasteiger partial charge in [0.1, 0.15) is 0 Å². The van der Waals surface area contributed by atoms with E-state index in [1.165, 1.54) is 10.5 Å². The van der Waals surface area contributed by atoms with Crippen LogP contribution < -0.4 is 5.73 Å². The number of rotatable bonds is 4. The van der Waals surface area contributed by atoms with E-state index in [0.717, 1.165) is 32.7 Å². The van der Waals surface area contributed by atoms with Crippen molar-refractivity contribution >= 4 is 11.8 Å². The predicted molar refractivity (Wildman–Crippen MR) is 79.0 cm³/mol. The smallest absolute Gasteiger partial charge is 0.0349 e. The van der Waals surface area contributed by atoms with Crippen LogP contribution >= 0.6 is 11.8 Å². The van der Waals surface area contributed by atoms with Crippen molar-refractivity contribution in [1.82, 2.24) is 9.80 Å². The van der Waals surface area contributed by atoms with Gasteiger partial charge in [0.2, 0.25) is 0 Å². The van der Waals surface area contributed by atoms with E-state index in [0.29, 0.717) is 6.04 Å². The molecule has 1 aliphatic rings. The second-order valence-electron chi connectivity index (χ2n) is 4.97. The summed E-state index contributed by atoms with van der Waals surface area (Å²) < 4.78 is 0. The van der Waals surface area contributed by atoms with Gasteiger partial charge in [-0.25, -0.2) is 0 Å². The molecule has 1 heterocycles. The highest BCUT2D eigenvalue weighted by molar-refractivity contribution is 7.98. The summed E-state index contributed by atoms with van der Waals surface area (Å²) in [6.07, 6.45) is 2.11. The lowest BCUT2D eigenvalue weighted by molar-refractivity contribution is 0.0881. The minimum atomic E-state index is 0.490. The third kappa shape index (κ3) is 3.48. The van der Waals surface area contributed by atoms with Gasteiger partial charge in [-0.3, -0.25) is 4.90 Å². The Morgan fingerprint density at radius 3 is 2.61 bits per heavy atom. The van der Waals surface area contributed by atoms with Gasteiger partial charge in [-0.15, -0.1) is 11.8 Å². The predicted octanol–water partition coefficient (Wildman–Crippen LogP) is 1.48. The molecule has 3 nitrogen and oxygen atoms in total. The molecule has 1 aromatic rings. The van der Waals surface area contributed by atoms with Crippen LogP contribution in [0, 0.1) is 0 Å². The molecule has 0 aromatic heterocycles. The van der Waals surface area contributed by atoms with Gasteiger partial charge in [0.05, 0.1) is 0 Å². The minimum absolute atomic E-state index is 0.490. The number of thioether (sulfide) groups is 1. The zero-order valence-electron chi connectivity index (χ0n) is 11.3. The molecule has 1 aliphatic heterocycles. The second-order valence-corrected chi connectivity index (χ2v) is 5.85. The van der Waals surface area contributed by atoms with Crippen LogP contribution in [0.2, 0.25) is 0 Å². The largest absolute Gasteiger partial charge is 0.329 e. The summed E-state index contributed by atoms with van der Waals surface area (Å²) in [6, 6.07) is 9.36. The summed E-state index contributed by atoms with van der Waals surface area (Å²) >= 11 is 1.79. The maximum atomic E-state index is 5.88. The van der Waals surface area contributed by atoms with E-state index in [-0.39, 0.29) is 0 Å². The van der Waals surface area contributed by atoms with Gasteiger partial charge >= 0.3 is 0 Å². The van der Waals surface area contributed by atoms with Crippen LogP contribution in [0.15, 0.2) is 29.2 Å². The van der Waals surface area contributed by atoms with Crippen LogP contribution in [0.25, 0.3) is 0 Å². The Bertz CT molecular complexity index is 366. The summed E-state index contributed by atoms with van der Waals surface area (Å²) in [7, 11) is 2.17. The van der Waals surface area contributed by atoms with Crippen molar-refractivity contribution in [2.45, 2.75) is 17.5 Å². The molecule has 0 amide bonds. The van der Waals surface area contributed by atoms with Crippen molar-refractivity contribution in [3.8, 4) is 0 Å². The Labute approximate surface area is 114 Å². The number of benzene rings is 1. The number of piperazine rings is 1. The molecule has 1 saturated heterocycles. The van der Waals surface area contributed by atoms with E-state index in [4.69, 9.17) is 5.73 Å². The average molecular weight is 265 g/mol. The summed E-state index contributed by atoms with van der Waals surface area (Å²) in [4.78, 5) is 6.20. The molecule has 4 heteroatoms. The topological polar surface area (TPSA) is 32.5 Å². The molecule has 0 bridgehead atoms. The average Bonchev–Trinajstić information content (AvgIpc) is 2.41. The van der Waals surface area contributed by atoms with Crippen molar-refractivity contribution in [3.63, 3.8) is 0 Å². The van der Waals surface area contributed by atoms with Crippen LogP contribution in [0.3, 0.4) is 0 Å². The molecule has 0 spiro atoms. The number of hydrogen-bond donors (Lipinski definition) is 1. The Hall–Kier alpha value is -0.550. The second kappa shape index (κ2) is 6.57. The van der Waals surface area contributed by atoms with Gasteiger partial charge in [0, 0.05) is 43.7 Å². The molecule has 1 unspecified atom stereocenters. The van der Waals surface area contributed by atoms with Crippen molar-refractivity contribution < 1.29 is 0 Å². The first-order chi connectivity index (χ1) is 8.72.